The number of aliphatic carboxylic acids is 1. The molecule has 0 unspecified atom stereocenters. The first-order valence-corrected chi connectivity index (χ1v) is 4.79. The van der Waals surface area contributed by atoms with Crippen LogP contribution in [0.4, 0.5) is 0 Å². The van der Waals surface area contributed by atoms with E-state index in [0.29, 0.717) is 0 Å². The van der Waals surface area contributed by atoms with Crippen molar-refractivity contribution >= 4 is 5.97 Å². The number of hydrogen-bond acceptors (Lipinski definition) is 3. The lowest BCUT2D eigenvalue weighted by Gasteiger charge is -2.42. The van der Waals surface area contributed by atoms with Gasteiger partial charge in [0.2, 0.25) is 0 Å². The van der Waals surface area contributed by atoms with Crippen LogP contribution in [0, 0.1) is 12.3 Å². The topological polar surface area (TPSA) is 61.4 Å². The number of terminal acetylenes is 1. The molecule has 1 rings (SSSR count). The van der Waals surface area contributed by atoms with Gasteiger partial charge in [0.1, 0.15) is 0 Å². The molecule has 1 aliphatic rings. The summed E-state index contributed by atoms with van der Waals surface area (Å²) in [5.74, 6) is 1.81. The molecule has 0 aromatic rings. The van der Waals surface area contributed by atoms with Gasteiger partial charge in [0.05, 0.1) is 12.0 Å². The molecule has 0 amide bonds. The van der Waals surface area contributed by atoms with E-state index in [1.807, 2.05) is 0 Å². The SMILES string of the molecule is C#CCCCNC1(CC(=O)O)CNC1. The Hall–Kier alpha value is -1.05. The lowest BCUT2D eigenvalue weighted by atomic mass is 9.88. The fraction of sp³-hybridized carbons (Fsp3) is 0.700. The van der Waals surface area contributed by atoms with Crippen molar-refractivity contribution in [2.45, 2.75) is 24.8 Å². The number of carbonyl (C=O) groups is 1. The van der Waals surface area contributed by atoms with Crippen molar-refractivity contribution in [3.63, 3.8) is 0 Å². The van der Waals surface area contributed by atoms with E-state index in [9.17, 15) is 4.79 Å². The van der Waals surface area contributed by atoms with Crippen LogP contribution < -0.4 is 10.6 Å². The number of carboxylic acids is 1. The molecule has 0 bridgehead atoms. The van der Waals surface area contributed by atoms with Gasteiger partial charge in [0, 0.05) is 19.5 Å². The monoisotopic (exact) mass is 196 g/mol. The third-order valence-corrected chi connectivity index (χ3v) is 2.41. The largest absolute Gasteiger partial charge is 0.481 e. The number of unbranched alkanes of at least 4 members (excludes halogenated alkanes) is 1. The molecule has 0 spiro atoms. The van der Waals surface area contributed by atoms with E-state index in [4.69, 9.17) is 11.5 Å². The van der Waals surface area contributed by atoms with Crippen molar-refractivity contribution < 1.29 is 9.90 Å². The highest BCUT2D eigenvalue weighted by atomic mass is 16.4. The predicted molar refractivity (Wildman–Crippen MR) is 53.9 cm³/mol. The molecule has 1 fully saturated rings. The fourth-order valence-electron chi connectivity index (χ4n) is 1.57. The summed E-state index contributed by atoms with van der Waals surface area (Å²) < 4.78 is 0. The van der Waals surface area contributed by atoms with Crippen LogP contribution in [0.25, 0.3) is 0 Å². The molecule has 0 atom stereocenters. The van der Waals surface area contributed by atoms with Crippen LogP contribution in [0.2, 0.25) is 0 Å². The zero-order chi connectivity index (χ0) is 10.4. The second kappa shape index (κ2) is 4.99. The average Bonchev–Trinajstić information content (AvgIpc) is 2.07. The lowest BCUT2D eigenvalue weighted by molar-refractivity contribution is -0.139. The first kappa shape index (κ1) is 11.0. The Morgan fingerprint density at radius 3 is 2.79 bits per heavy atom. The minimum Gasteiger partial charge on any atom is -0.481 e. The van der Waals surface area contributed by atoms with Crippen molar-refractivity contribution in [3.05, 3.63) is 0 Å². The van der Waals surface area contributed by atoms with Crippen molar-refractivity contribution in [1.82, 2.24) is 10.6 Å². The summed E-state index contributed by atoms with van der Waals surface area (Å²) in [6.07, 6.45) is 6.94. The van der Waals surface area contributed by atoms with E-state index < -0.39 is 5.97 Å². The molecule has 1 aliphatic heterocycles. The Labute approximate surface area is 84.1 Å². The van der Waals surface area contributed by atoms with E-state index in [0.717, 1.165) is 32.5 Å². The fourth-order valence-corrected chi connectivity index (χ4v) is 1.57. The molecule has 4 nitrogen and oxygen atoms in total. The molecule has 0 saturated carbocycles. The van der Waals surface area contributed by atoms with Gasteiger partial charge in [-0.1, -0.05) is 0 Å². The summed E-state index contributed by atoms with van der Waals surface area (Å²) in [5, 5.41) is 15.1. The maximum Gasteiger partial charge on any atom is 0.305 e. The summed E-state index contributed by atoms with van der Waals surface area (Å²) >= 11 is 0. The van der Waals surface area contributed by atoms with Gasteiger partial charge >= 0.3 is 5.97 Å². The normalized spacial score (nSPS) is 18.2. The summed E-state index contributed by atoms with van der Waals surface area (Å²) in [4.78, 5) is 10.6. The van der Waals surface area contributed by atoms with Crippen LogP contribution in [0.1, 0.15) is 19.3 Å². The quantitative estimate of drug-likeness (QED) is 0.407. The Balaban J connectivity index is 2.24. The summed E-state index contributed by atoms with van der Waals surface area (Å²) in [6.45, 7) is 2.25. The van der Waals surface area contributed by atoms with Gasteiger partial charge in [-0.3, -0.25) is 4.79 Å². The van der Waals surface area contributed by atoms with Crippen LogP contribution in [-0.2, 0) is 4.79 Å². The highest BCUT2D eigenvalue weighted by Crippen LogP contribution is 2.15. The molecular formula is C10H16N2O2. The van der Waals surface area contributed by atoms with Gasteiger partial charge in [0.15, 0.2) is 0 Å². The molecule has 0 radical (unpaired) electrons. The zero-order valence-electron chi connectivity index (χ0n) is 8.18. The van der Waals surface area contributed by atoms with Gasteiger partial charge in [0.25, 0.3) is 0 Å². The van der Waals surface area contributed by atoms with E-state index in [-0.39, 0.29) is 12.0 Å². The zero-order valence-corrected chi connectivity index (χ0v) is 8.18. The standard InChI is InChI=1S/C10H16N2O2/c1-2-3-4-5-12-10(6-9(13)14)7-11-8-10/h1,11-12H,3-8H2,(H,13,14). The molecule has 4 heteroatoms. The van der Waals surface area contributed by atoms with Gasteiger partial charge in [-0.15, -0.1) is 12.3 Å². The van der Waals surface area contributed by atoms with Crippen LogP contribution in [0.5, 0.6) is 0 Å². The second-order valence-corrected chi connectivity index (χ2v) is 3.69. The highest BCUT2D eigenvalue weighted by Gasteiger charge is 2.38. The van der Waals surface area contributed by atoms with E-state index in [2.05, 4.69) is 16.6 Å². The van der Waals surface area contributed by atoms with E-state index >= 15 is 0 Å². The van der Waals surface area contributed by atoms with Crippen molar-refractivity contribution in [1.29, 1.82) is 0 Å². The van der Waals surface area contributed by atoms with Crippen molar-refractivity contribution in [2.75, 3.05) is 19.6 Å². The second-order valence-electron chi connectivity index (χ2n) is 3.69. The molecule has 3 N–H and O–H groups in total. The molecule has 0 aliphatic carbocycles. The van der Waals surface area contributed by atoms with Gasteiger partial charge in [-0.2, -0.15) is 0 Å². The average molecular weight is 196 g/mol. The Bertz CT molecular complexity index is 241. The number of rotatable bonds is 6. The maximum absolute atomic E-state index is 10.6. The van der Waals surface area contributed by atoms with Crippen LogP contribution in [0.15, 0.2) is 0 Å². The van der Waals surface area contributed by atoms with Gasteiger partial charge in [-0.25, -0.2) is 0 Å². The number of nitrogens with one attached hydrogen (secondary N) is 2. The number of carboxylic acid groups (broad SMARTS) is 1. The van der Waals surface area contributed by atoms with Crippen molar-refractivity contribution in [2.24, 2.45) is 0 Å². The van der Waals surface area contributed by atoms with Crippen LogP contribution in [0.3, 0.4) is 0 Å². The van der Waals surface area contributed by atoms with Gasteiger partial charge < -0.3 is 15.7 Å². The molecule has 1 saturated heterocycles. The molecule has 0 aromatic heterocycles. The Morgan fingerprint density at radius 1 is 1.64 bits per heavy atom. The van der Waals surface area contributed by atoms with Crippen LogP contribution in [-0.4, -0.2) is 36.2 Å². The molecule has 78 valence electrons. The Kier molecular flexibility index (Phi) is 3.93. The summed E-state index contributed by atoms with van der Waals surface area (Å²) in [5.41, 5.74) is -0.236. The van der Waals surface area contributed by atoms with Crippen LogP contribution >= 0.6 is 0 Å². The minimum atomic E-state index is -0.754. The third kappa shape index (κ3) is 3.02. The summed E-state index contributed by atoms with van der Waals surface area (Å²) in [7, 11) is 0. The van der Waals surface area contributed by atoms with E-state index in [1.54, 1.807) is 0 Å². The Morgan fingerprint density at radius 2 is 2.36 bits per heavy atom. The lowest BCUT2D eigenvalue weighted by Crippen LogP contribution is -2.68. The predicted octanol–water partition coefficient (Wildman–Crippen LogP) is -0.194. The van der Waals surface area contributed by atoms with E-state index in [1.165, 1.54) is 0 Å². The first-order valence-electron chi connectivity index (χ1n) is 4.79. The molecule has 0 aromatic carbocycles. The first-order chi connectivity index (χ1) is 6.68. The highest BCUT2D eigenvalue weighted by molar-refractivity contribution is 5.68. The summed E-state index contributed by atoms with van der Waals surface area (Å²) in [6, 6.07) is 0. The molecule has 1 heterocycles. The maximum atomic E-state index is 10.6. The number of hydrogen-bond donors (Lipinski definition) is 3. The van der Waals surface area contributed by atoms with Gasteiger partial charge in [-0.05, 0) is 13.0 Å². The van der Waals surface area contributed by atoms with Crippen molar-refractivity contribution in [3.8, 4) is 12.3 Å². The molecule has 14 heavy (non-hydrogen) atoms. The minimum absolute atomic E-state index is 0.177. The third-order valence-electron chi connectivity index (χ3n) is 2.41. The molecular weight excluding hydrogens is 180 g/mol. The smallest absolute Gasteiger partial charge is 0.305 e.